The monoisotopic (exact) mass is 353 g/mol. The van der Waals surface area contributed by atoms with Gasteiger partial charge in [0.2, 0.25) is 10.0 Å². The third-order valence-corrected chi connectivity index (χ3v) is 5.85. The number of hydrogen-bond acceptors (Lipinski definition) is 3. The van der Waals surface area contributed by atoms with E-state index in [-0.39, 0.29) is 13.2 Å². The first-order chi connectivity index (χ1) is 10.8. The van der Waals surface area contributed by atoms with Crippen LogP contribution >= 0.6 is 11.6 Å². The first kappa shape index (κ1) is 17.8. The van der Waals surface area contributed by atoms with Gasteiger partial charge in [-0.15, -0.1) is 0 Å². The fourth-order valence-electron chi connectivity index (χ4n) is 2.02. The predicted octanol–water partition coefficient (Wildman–Crippen LogP) is 3.66. The molecule has 0 heterocycles. The average Bonchev–Trinajstić information content (AvgIpc) is 2.51. The van der Waals surface area contributed by atoms with Gasteiger partial charge in [0, 0.05) is 13.6 Å². The van der Waals surface area contributed by atoms with Gasteiger partial charge in [-0.3, -0.25) is 0 Å². The van der Waals surface area contributed by atoms with Crippen molar-refractivity contribution in [2.45, 2.75) is 18.7 Å². The van der Waals surface area contributed by atoms with E-state index in [0.717, 1.165) is 11.1 Å². The van der Waals surface area contributed by atoms with Crippen LogP contribution in [0.25, 0.3) is 0 Å². The average molecular weight is 354 g/mol. The Morgan fingerprint density at radius 1 is 1.09 bits per heavy atom. The lowest BCUT2D eigenvalue weighted by molar-refractivity contribution is 0.287. The molecule has 0 unspecified atom stereocenters. The van der Waals surface area contributed by atoms with Crippen LogP contribution in [0.2, 0.25) is 5.02 Å². The van der Waals surface area contributed by atoms with Crippen LogP contribution in [-0.4, -0.2) is 32.9 Å². The second kappa shape index (κ2) is 7.34. The van der Waals surface area contributed by atoms with Crippen molar-refractivity contribution in [2.24, 2.45) is 0 Å². The summed E-state index contributed by atoms with van der Waals surface area (Å²) in [5.41, 5.74) is 2.01. The van der Waals surface area contributed by atoms with E-state index in [9.17, 15) is 8.42 Å². The number of hydrogen-bond donors (Lipinski definition) is 0. The molecule has 124 valence electrons. The minimum absolute atomic E-state index is 0.226. The largest absolute Gasteiger partial charge is 0.491 e. The number of benzene rings is 2. The van der Waals surface area contributed by atoms with Crippen LogP contribution in [-0.2, 0) is 10.0 Å². The fraction of sp³-hybridized carbons (Fsp3) is 0.294. The van der Waals surface area contributed by atoms with Crippen LogP contribution in [0.15, 0.2) is 47.4 Å². The topological polar surface area (TPSA) is 46.6 Å². The van der Waals surface area contributed by atoms with Crippen molar-refractivity contribution >= 4 is 21.6 Å². The normalized spacial score (nSPS) is 11.7. The van der Waals surface area contributed by atoms with Gasteiger partial charge in [0.25, 0.3) is 0 Å². The van der Waals surface area contributed by atoms with Crippen molar-refractivity contribution in [3.8, 4) is 5.75 Å². The minimum atomic E-state index is -3.52. The molecule has 0 aromatic heterocycles. The van der Waals surface area contributed by atoms with Gasteiger partial charge in [0.1, 0.15) is 12.4 Å². The molecule has 0 radical (unpaired) electrons. The molecule has 0 amide bonds. The summed E-state index contributed by atoms with van der Waals surface area (Å²) in [5.74, 6) is 0.547. The first-order valence-corrected chi connectivity index (χ1v) is 9.05. The molecule has 0 aliphatic carbocycles. The van der Waals surface area contributed by atoms with Crippen molar-refractivity contribution in [1.29, 1.82) is 0 Å². The number of para-hydroxylation sites is 1. The zero-order valence-electron chi connectivity index (χ0n) is 13.4. The third-order valence-electron chi connectivity index (χ3n) is 3.69. The number of rotatable bonds is 6. The van der Waals surface area contributed by atoms with Crippen molar-refractivity contribution < 1.29 is 13.2 Å². The number of likely N-dealkylation sites (N-methyl/N-ethyl adjacent to an activating group) is 1. The zero-order chi connectivity index (χ0) is 17.0. The zero-order valence-corrected chi connectivity index (χ0v) is 15.0. The Hall–Kier alpha value is -1.56. The second-order valence-electron chi connectivity index (χ2n) is 5.35. The Bertz CT molecular complexity index is 790. The molecule has 0 N–H and O–H groups in total. The molecule has 2 rings (SSSR count). The van der Waals surface area contributed by atoms with Crippen molar-refractivity contribution in [3.05, 3.63) is 58.6 Å². The number of sulfonamides is 1. The standard InChI is InChI=1S/C17H20ClNO3S/c1-13-8-9-15(12-14(13)2)23(20,21)19(3)10-11-22-17-7-5-4-6-16(17)18/h4-9,12H,10-11H2,1-3H3. The maximum absolute atomic E-state index is 12.5. The lowest BCUT2D eigenvalue weighted by atomic mass is 10.1. The molecular formula is C17H20ClNO3S. The van der Waals surface area contributed by atoms with Crippen molar-refractivity contribution in [1.82, 2.24) is 4.31 Å². The summed E-state index contributed by atoms with van der Waals surface area (Å²) >= 11 is 6.00. The van der Waals surface area contributed by atoms with Gasteiger partial charge < -0.3 is 4.74 Å². The molecule has 0 bridgehead atoms. The first-order valence-electron chi connectivity index (χ1n) is 7.23. The summed E-state index contributed by atoms with van der Waals surface area (Å²) in [6.07, 6.45) is 0. The van der Waals surface area contributed by atoms with Gasteiger partial charge in [-0.25, -0.2) is 8.42 Å². The van der Waals surface area contributed by atoms with Gasteiger partial charge in [-0.1, -0.05) is 29.8 Å². The quantitative estimate of drug-likeness (QED) is 0.796. The van der Waals surface area contributed by atoms with E-state index in [4.69, 9.17) is 16.3 Å². The van der Waals surface area contributed by atoms with Crippen molar-refractivity contribution in [3.63, 3.8) is 0 Å². The van der Waals surface area contributed by atoms with Crippen LogP contribution < -0.4 is 4.74 Å². The van der Waals surface area contributed by atoms with Gasteiger partial charge in [0.15, 0.2) is 0 Å². The van der Waals surface area contributed by atoms with Gasteiger partial charge in [-0.2, -0.15) is 4.31 Å². The van der Waals surface area contributed by atoms with Crippen LogP contribution in [0.3, 0.4) is 0 Å². The Labute approximate surface area is 142 Å². The van der Waals surface area contributed by atoms with E-state index in [2.05, 4.69) is 0 Å². The predicted molar refractivity (Wildman–Crippen MR) is 92.7 cm³/mol. The van der Waals surface area contributed by atoms with Gasteiger partial charge >= 0.3 is 0 Å². The molecule has 0 aliphatic heterocycles. The summed E-state index contributed by atoms with van der Waals surface area (Å²) in [5, 5.41) is 0.507. The smallest absolute Gasteiger partial charge is 0.242 e. The Kier molecular flexibility index (Phi) is 5.68. The van der Waals surface area contributed by atoms with E-state index >= 15 is 0 Å². The van der Waals surface area contributed by atoms with Gasteiger partial charge in [0.05, 0.1) is 9.92 Å². The minimum Gasteiger partial charge on any atom is -0.491 e. The van der Waals surface area contributed by atoms with Crippen LogP contribution in [0.5, 0.6) is 5.75 Å². The second-order valence-corrected chi connectivity index (χ2v) is 7.80. The lowest BCUT2D eigenvalue weighted by Crippen LogP contribution is -2.31. The molecule has 23 heavy (non-hydrogen) atoms. The highest BCUT2D eigenvalue weighted by atomic mass is 35.5. The number of nitrogens with zero attached hydrogens (tertiary/aromatic N) is 1. The van der Waals surface area contributed by atoms with Gasteiger partial charge in [-0.05, 0) is 49.2 Å². The number of ether oxygens (including phenoxy) is 1. The van der Waals surface area contributed by atoms with E-state index in [0.29, 0.717) is 15.7 Å². The van der Waals surface area contributed by atoms with Crippen LogP contribution in [0.4, 0.5) is 0 Å². The third kappa shape index (κ3) is 4.25. The SMILES string of the molecule is Cc1ccc(S(=O)(=O)N(C)CCOc2ccccc2Cl)cc1C. The molecular weight excluding hydrogens is 334 g/mol. The van der Waals surface area contributed by atoms with E-state index in [1.165, 1.54) is 4.31 Å². The molecule has 4 nitrogen and oxygen atoms in total. The Morgan fingerprint density at radius 2 is 1.78 bits per heavy atom. The Morgan fingerprint density at radius 3 is 2.43 bits per heavy atom. The maximum Gasteiger partial charge on any atom is 0.242 e. The summed E-state index contributed by atoms with van der Waals surface area (Å²) in [7, 11) is -1.98. The number of aryl methyl sites for hydroxylation is 2. The summed E-state index contributed by atoms with van der Waals surface area (Å²) < 4.78 is 31.9. The van der Waals surface area contributed by atoms with E-state index in [1.807, 2.05) is 32.0 Å². The molecule has 0 aliphatic rings. The fourth-order valence-corrected chi connectivity index (χ4v) is 3.45. The molecule has 2 aromatic rings. The highest BCUT2D eigenvalue weighted by Gasteiger charge is 2.21. The molecule has 0 fully saturated rings. The molecule has 6 heteroatoms. The lowest BCUT2D eigenvalue weighted by Gasteiger charge is -2.18. The van der Waals surface area contributed by atoms with Crippen molar-refractivity contribution in [2.75, 3.05) is 20.2 Å². The molecule has 0 saturated heterocycles. The summed E-state index contributed by atoms with van der Waals surface area (Å²) in [6.45, 7) is 4.31. The Balaban J connectivity index is 2.03. The highest BCUT2D eigenvalue weighted by molar-refractivity contribution is 7.89. The van der Waals surface area contributed by atoms with Crippen LogP contribution in [0, 0.1) is 13.8 Å². The summed E-state index contributed by atoms with van der Waals surface area (Å²) in [4.78, 5) is 0.292. The maximum atomic E-state index is 12.5. The molecule has 0 atom stereocenters. The highest BCUT2D eigenvalue weighted by Crippen LogP contribution is 2.23. The number of halogens is 1. The van der Waals surface area contributed by atoms with E-state index in [1.54, 1.807) is 31.3 Å². The summed E-state index contributed by atoms with van der Waals surface area (Å²) in [6, 6.07) is 12.2. The van der Waals surface area contributed by atoms with E-state index < -0.39 is 10.0 Å². The molecule has 0 saturated carbocycles. The molecule has 0 spiro atoms. The molecule has 2 aromatic carbocycles. The van der Waals surface area contributed by atoms with Crippen LogP contribution in [0.1, 0.15) is 11.1 Å².